The number of carboxylic acid groups (broad SMARTS) is 2. The first-order valence-corrected chi connectivity index (χ1v) is 5.68. The summed E-state index contributed by atoms with van der Waals surface area (Å²) in [6, 6.07) is 5.83. The lowest BCUT2D eigenvalue weighted by Crippen LogP contribution is -2.42. The number of rotatable bonds is 6. The van der Waals surface area contributed by atoms with Gasteiger partial charge in [-0.05, 0) is 12.5 Å². The molecule has 0 heterocycles. The normalized spacial score (nSPS) is 11.6. The van der Waals surface area contributed by atoms with E-state index in [-0.39, 0.29) is 6.42 Å². The van der Waals surface area contributed by atoms with Gasteiger partial charge in [-0.3, -0.25) is 9.59 Å². The first-order chi connectivity index (χ1) is 8.88. The number of aryl methyl sites for hydroxylation is 1. The van der Waals surface area contributed by atoms with Gasteiger partial charge in [-0.25, -0.2) is 4.79 Å². The maximum Gasteiger partial charge on any atom is 0.326 e. The maximum absolute atomic E-state index is 11.7. The third-order valence-electron chi connectivity index (χ3n) is 2.46. The van der Waals surface area contributed by atoms with Gasteiger partial charge in [0.2, 0.25) is 5.91 Å². The molecule has 0 bridgehead atoms. The summed E-state index contributed by atoms with van der Waals surface area (Å²) >= 11 is 0. The molecule has 3 N–H and O–H groups in total. The van der Waals surface area contributed by atoms with Gasteiger partial charge in [0.25, 0.3) is 0 Å². The Morgan fingerprint density at radius 1 is 1.26 bits per heavy atom. The van der Waals surface area contributed by atoms with Crippen molar-refractivity contribution in [3.05, 3.63) is 35.4 Å². The highest BCUT2D eigenvalue weighted by Crippen LogP contribution is 2.05. The zero-order valence-electron chi connectivity index (χ0n) is 10.4. The van der Waals surface area contributed by atoms with E-state index in [0.717, 1.165) is 11.1 Å². The van der Waals surface area contributed by atoms with Crippen LogP contribution >= 0.6 is 0 Å². The third kappa shape index (κ3) is 5.20. The lowest BCUT2D eigenvalue weighted by Gasteiger charge is -2.12. The zero-order valence-corrected chi connectivity index (χ0v) is 10.4. The van der Waals surface area contributed by atoms with E-state index in [2.05, 4.69) is 5.32 Å². The van der Waals surface area contributed by atoms with Crippen LogP contribution in [0.5, 0.6) is 0 Å². The van der Waals surface area contributed by atoms with Crippen LogP contribution in [-0.4, -0.2) is 34.1 Å². The average Bonchev–Trinajstić information content (AvgIpc) is 2.27. The molecular formula is C13H15NO5. The minimum atomic E-state index is -1.41. The summed E-state index contributed by atoms with van der Waals surface area (Å²) in [7, 11) is 0. The molecule has 1 aromatic carbocycles. The summed E-state index contributed by atoms with van der Waals surface area (Å²) in [6.07, 6.45) is -0.625. The minimum Gasteiger partial charge on any atom is -0.481 e. The van der Waals surface area contributed by atoms with Crippen molar-refractivity contribution < 1.29 is 24.6 Å². The van der Waals surface area contributed by atoms with Gasteiger partial charge in [-0.15, -0.1) is 0 Å². The van der Waals surface area contributed by atoms with Crippen molar-refractivity contribution in [1.82, 2.24) is 5.32 Å². The van der Waals surface area contributed by atoms with Gasteiger partial charge in [-0.1, -0.05) is 29.8 Å². The van der Waals surface area contributed by atoms with Gasteiger partial charge in [-0.2, -0.15) is 0 Å². The highest BCUT2D eigenvalue weighted by atomic mass is 16.4. The van der Waals surface area contributed by atoms with Gasteiger partial charge in [0.1, 0.15) is 6.04 Å². The van der Waals surface area contributed by atoms with E-state index < -0.39 is 30.3 Å². The Morgan fingerprint density at radius 2 is 1.95 bits per heavy atom. The van der Waals surface area contributed by atoms with E-state index in [1.807, 2.05) is 19.1 Å². The van der Waals surface area contributed by atoms with Crippen molar-refractivity contribution in [3.8, 4) is 0 Å². The van der Waals surface area contributed by atoms with Gasteiger partial charge < -0.3 is 15.5 Å². The molecule has 102 valence electrons. The highest BCUT2D eigenvalue weighted by molar-refractivity contribution is 5.87. The first-order valence-electron chi connectivity index (χ1n) is 5.68. The topological polar surface area (TPSA) is 104 Å². The lowest BCUT2D eigenvalue weighted by molar-refractivity contribution is -0.147. The maximum atomic E-state index is 11.7. The summed E-state index contributed by atoms with van der Waals surface area (Å²) in [4.78, 5) is 32.9. The third-order valence-corrected chi connectivity index (χ3v) is 2.46. The van der Waals surface area contributed by atoms with Gasteiger partial charge in [0, 0.05) is 0 Å². The van der Waals surface area contributed by atoms with E-state index in [1.165, 1.54) is 0 Å². The van der Waals surface area contributed by atoms with Crippen LogP contribution in [0.3, 0.4) is 0 Å². The molecule has 0 aliphatic heterocycles. The summed E-state index contributed by atoms with van der Waals surface area (Å²) in [5.74, 6) is -3.15. The van der Waals surface area contributed by atoms with Crippen molar-refractivity contribution in [2.45, 2.75) is 25.8 Å². The molecule has 1 atom stereocenters. The van der Waals surface area contributed by atoms with Crippen molar-refractivity contribution in [2.75, 3.05) is 0 Å². The van der Waals surface area contributed by atoms with Crippen LogP contribution in [-0.2, 0) is 20.8 Å². The highest BCUT2D eigenvalue weighted by Gasteiger charge is 2.22. The van der Waals surface area contributed by atoms with E-state index >= 15 is 0 Å². The Hall–Kier alpha value is -2.37. The van der Waals surface area contributed by atoms with E-state index in [0.29, 0.717) is 0 Å². The number of aliphatic carboxylic acids is 2. The van der Waals surface area contributed by atoms with Crippen LogP contribution in [0.25, 0.3) is 0 Å². The smallest absolute Gasteiger partial charge is 0.326 e. The van der Waals surface area contributed by atoms with Crippen LogP contribution in [0.15, 0.2) is 24.3 Å². The lowest BCUT2D eigenvalue weighted by atomic mass is 10.1. The molecule has 0 aromatic heterocycles. The number of hydrogen-bond donors (Lipinski definition) is 3. The van der Waals surface area contributed by atoms with Crippen LogP contribution in [0.1, 0.15) is 17.5 Å². The van der Waals surface area contributed by atoms with Crippen molar-refractivity contribution in [2.24, 2.45) is 0 Å². The molecule has 1 aromatic rings. The number of carbonyl (C=O) groups excluding carboxylic acids is 1. The fourth-order valence-electron chi connectivity index (χ4n) is 1.63. The fourth-order valence-corrected chi connectivity index (χ4v) is 1.63. The molecule has 6 heteroatoms. The Labute approximate surface area is 110 Å². The summed E-state index contributed by atoms with van der Waals surface area (Å²) < 4.78 is 0. The van der Waals surface area contributed by atoms with Crippen LogP contribution in [0.2, 0.25) is 0 Å². The molecule has 19 heavy (non-hydrogen) atoms. The largest absolute Gasteiger partial charge is 0.481 e. The number of hydrogen-bond acceptors (Lipinski definition) is 3. The molecule has 0 fully saturated rings. The predicted octanol–water partition coefficient (Wildman–Crippen LogP) is 0.582. The average molecular weight is 265 g/mol. The SMILES string of the molecule is Cc1cccc(CC(=O)N[C@@H](CC(=O)O)C(=O)O)c1. The second-order valence-corrected chi connectivity index (χ2v) is 4.22. The van der Waals surface area contributed by atoms with Crippen molar-refractivity contribution in [3.63, 3.8) is 0 Å². The second kappa shape index (κ2) is 6.53. The number of amides is 1. The summed E-state index contributed by atoms with van der Waals surface area (Å²) in [5, 5.41) is 19.6. The monoisotopic (exact) mass is 265 g/mol. The molecule has 0 saturated carbocycles. The molecule has 0 unspecified atom stereocenters. The first kappa shape index (κ1) is 14.7. The second-order valence-electron chi connectivity index (χ2n) is 4.22. The van der Waals surface area contributed by atoms with E-state index in [9.17, 15) is 14.4 Å². The molecule has 0 aliphatic carbocycles. The minimum absolute atomic E-state index is 0.0189. The molecule has 6 nitrogen and oxygen atoms in total. The summed E-state index contributed by atoms with van der Waals surface area (Å²) in [5.41, 5.74) is 1.74. The van der Waals surface area contributed by atoms with E-state index in [1.54, 1.807) is 12.1 Å². The number of nitrogens with one attached hydrogen (secondary N) is 1. The van der Waals surface area contributed by atoms with Crippen molar-refractivity contribution >= 4 is 17.8 Å². The Kier molecular flexibility index (Phi) is 5.05. The van der Waals surface area contributed by atoms with Gasteiger partial charge in [0.15, 0.2) is 0 Å². The van der Waals surface area contributed by atoms with Crippen molar-refractivity contribution in [1.29, 1.82) is 0 Å². The van der Waals surface area contributed by atoms with Crippen LogP contribution in [0.4, 0.5) is 0 Å². The molecular weight excluding hydrogens is 250 g/mol. The number of carboxylic acids is 2. The fraction of sp³-hybridized carbons (Fsp3) is 0.308. The van der Waals surface area contributed by atoms with E-state index in [4.69, 9.17) is 10.2 Å². The van der Waals surface area contributed by atoms with Crippen LogP contribution < -0.4 is 5.32 Å². The Bertz CT molecular complexity index is 498. The molecule has 0 aliphatic rings. The van der Waals surface area contributed by atoms with Gasteiger partial charge >= 0.3 is 11.9 Å². The quantitative estimate of drug-likeness (QED) is 0.698. The molecule has 0 saturated heterocycles. The Morgan fingerprint density at radius 3 is 2.47 bits per heavy atom. The molecule has 1 rings (SSSR count). The van der Waals surface area contributed by atoms with Gasteiger partial charge in [0.05, 0.1) is 12.8 Å². The summed E-state index contributed by atoms with van der Waals surface area (Å²) in [6.45, 7) is 1.88. The zero-order chi connectivity index (χ0) is 14.4. The number of carbonyl (C=O) groups is 3. The van der Waals surface area contributed by atoms with Crippen LogP contribution in [0, 0.1) is 6.92 Å². The number of benzene rings is 1. The molecule has 0 spiro atoms. The predicted molar refractivity (Wildman–Crippen MR) is 66.7 cm³/mol. The molecule has 0 radical (unpaired) electrons. The molecule has 1 amide bonds. The Balaban J connectivity index is 2.62. The standard InChI is InChI=1S/C13H15NO5/c1-8-3-2-4-9(5-8)6-11(15)14-10(13(18)19)7-12(16)17/h2-5,10H,6-7H2,1H3,(H,14,15)(H,16,17)(H,18,19)/t10-/m0/s1.